The van der Waals surface area contributed by atoms with Gasteiger partial charge in [-0.3, -0.25) is 9.59 Å². The number of benzene rings is 2. The lowest BCUT2D eigenvalue weighted by Gasteiger charge is -2.15. The average Bonchev–Trinajstić information content (AvgIpc) is 3.36. The van der Waals surface area contributed by atoms with Gasteiger partial charge in [0.2, 0.25) is 11.8 Å². The number of hydrogen-bond acceptors (Lipinski definition) is 2. The van der Waals surface area contributed by atoms with Crippen molar-refractivity contribution >= 4 is 34.8 Å². The largest absolute Gasteiger partial charge is 0.416 e. The SMILES string of the molecule is CC(=O)Nc1ccc(C(F)(F)F)cc1NC(=O)C1CC1c1ccccc1Cl. The van der Waals surface area contributed by atoms with Crippen molar-refractivity contribution in [3.05, 3.63) is 58.6 Å². The fourth-order valence-electron chi connectivity index (χ4n) is 2.95. The molecule has 0 aliphatic heterocycles. The van der Waals surface area contributed by atoms with E-state index < -0.39 is 23.6 Å². The van der Waals surface area contributed by atoms with Crippen molar-refractivity contribution in [1.82, 2.24) is 0 Å². The molecule has 4 nitrogen and oxygen atoms in total. The number of carbonyl (C=O) groups excluding carboxylic acids is 2. The van der Waals surface area contributed by atoms with Gasteiger partial charge in [-0.15, -0.1) is 0 Å². The normalized spacial score (nSPS) is 18.7. The summed E-state index contributed by atoms with van der Waals surface area (Å²) in [6.07, 6.45) is -4.00. The molecule has 1 saturated carbocycles. The molecule has 2 unspecified atom stereocenters. The molecule has 0 aromatic heterocycles. The molecular formula is C19H16ClF3N2O2. The van der Waals surface area contributed by atoms with E-state index in [1.54, 1.807) is 12.1 Å². The number of hydrogen-bond donors (Lipinski definition) is 2. The molecule has 2 amide bonds. The monoisotopic (exact) mass is 396 g/mol. The number of carbonyl (C=O) groups is 2. The highest BCUT2D eigenvalue weighted by Crippen LogP contribution is 2.50. The molecule has 2 aromatic carbocycles. The molecule has 1 aliphatic rings. The summed E-state index contributed by atoms with van der Waals surface area (Å²) in [5.74, 6) is -1.32. The van der Waals surface area contributed by atoms with E-state index in [1.807, 2.05) is 12.1 Å². The molecule has 0 radical (unpaired) electrons. The van der Waals surface area contributed by atoms with Gasteiger partial charge < -0.3 is 10.6 Å². The predicted octanol–water partition coefficient (Wildman–Crippen LogP) is 5.06. The summed E-state index contributed by atoms with van der Waals surface area (Å²) in [7, 11) is 0. The molecule has 0 heterocycles. The number of amides is 2. The Morgan fingerprint density at radius 1 is 1.07 bits per heavy atom. The highest BCUT2D eigenvalue weighted by molar-refractivity contribution is 6.31. The van der Waals surface area contributed by atoms with Gasteiger partial charge >= 0.3 is 6.18 Å². The summed E-state index contributed by atoms with van der Waals surface area (Å²) in [6.45, 7) is 1.23. The Bertz CT molecular complexity index is 899. The Kier molecular flexibility index (Phi) is 5.15. The standard InChI is InChI=1S/C19H16ClF3N2O2/c1-10(26)24-16-7-6-11(19(21,22)23)8-17(16)25-18(27)14-9-13(14)12-4-2-3-5-15(12)20/h2-8,13-14H,9H2,1H3,(H,24,26)(H,25,27). The smallest absolute Gasteiger partial charge is 0.325 e. The molecule has 8 heteroatoms. The van der Waals surface area contributed by atoms with Crippen LogP contribution in [-0.2, 0) is 15.8 Å². The predicted molar refractivity (Wildman–Crippen MR) is 96.7 cm³/mol. The van der Waals surface area contributed by atoms with Gasteiger partial charge in [0.25, 0.3) is 0 Å². The molecule has 3 rings (SSSR count). The van der Waals surface area contributed by atoms with Gasteiger partial charge in [-0.1, -0.05) is 29.8 Å². The third-order valence-electron chi connectivity index (χ3n) is 4.35. The number of anilines is 2. The Morgan fingerprint density at radius 3 is 2.41 bits per heavy atom. The van der Waals surface area contributed by atoms with Crippen LogP contribution in [0.4, 0.5) is 24.5 Å². The minimum absolute atomic E-state index is 0.0753. The summed E-state index contributed by atoms with van der Waals surface area (Å²) in [5, 5.41) is 5.49. The van der Waals surface area contributed by atoms with Gasteiger partial charge in [0.1, 0.15) is 0 Å². The maximum Gasteiger partial charge on any atom is 0.416 e. The first-order valence-corrected chi connectivity index (χ1v) is 8.58. The second-order valence-electron chi connectivity index (χ2n) is 6.40. The van der Waals surface area contributed by atoms with Crippen molar-refractivity contribution < 1.29 is 22.8 Å². The summed E-state index contributed by atoms with van der Waals surface area (Å²) in [6, 6.07) is 9.94. The van der Waals surface area contributed by atoms with E-state index in [0.29, 0.717) is 11.4 Å². The molecular weight excluding hydrogens is 381 g/mol. The zero-order chi connectivity index (χ0) is 19.8. The van der Waals surface area contributed by atoms with E-state index in [1.165, 1.54) is 6.92 Å². The highest BCUT2D eigenvalue weighted by Gasteiger charge is 2.45. The van der Waals surface area contributed by atoms with Crippen LogP contribution in [0, 0.1) is 5.92 Å². The third-order valence-corrected chi connectivity index (χ3v) is 4.69. The minimum atomic E-state index is -4.56. The molecule has 142 valence electrons. The molecule has 27 heavy (non-hydrogen) atoms. The van der Waals surface area contributed by atoms with Crippen LogP contribution >= 0.6 is 11.6 Å². The third kappa shape index (κ3) is 4.42. The molecule has 1 fully saturated rings. The topological polar surface area (TPSA) is 58.2 Å². The van der Waals surface area contributed by atoms with Gasteiger partial charge in [-0.05, 0) is 42.2 Å². The molecule has 0 bridgehead atoms. The van der Waals surface area contributed by atoms with Crippen molar-refractivity contribution in [2.45, 2.75) is 25.4 Å². The first kappa shape index (κ1) is 19.2. The van der Waals surface area contributed by atoms with E-state index in [-0.39, 0.29) is 23.2 Å². The summed E-state index contributed by atoms with van der Waals surface area (Å²) < 4.78 is 39.0. The van der Waals surface area contributed by atoms with Crippen molar-refractivity contribution in [3.8, 4) is 0 Å². The molecule has 0 saturated heterocycles. The fourth-order valence-corrected chi connectivity index (χ4v) is 3.23. The zero-order valence-corrected chi connectivity index (χ0v) is 15.0. The van der Waals surface area contributed by atoms with E-state index in [0.717, 1.165) is 23.8 Å². The first-order valence-electron chi connectivity index (χ1n) is 8.21. The second-order valence-corrected chi connectivity index (χ2v) is 6.81. The molecule has 2 aromatic rings. The van der Waals surface area contributed by atoms with Crippen LogP contribution in [0.3, 0.4) is 0 Å². The fraction of sp³-hybridized carbons (Fsp3) is 0.263. The van der Waals surface area contributed by atoms with Gasteiger partial charge in [0.15, 0.2) is 0 Å². The van der Waals surface area contributed by atoms with Gasteiger partial charge in [-0.25, -0.2) is 0 Å². The maximum atomic E-state index is 13.0. The molecule has 0 spiro atoms. The Morgan fingerprint density at radius 2 is 1.78 bits per heavy atom. The number of rotatable bonds is 4. The van der Waals surface area contributed by atoms with Gasteiger partial charge in [0.05, 0.1) is 16.9 Å². The Labute approximate surface area is 158 Å². The zero-order valence-electron chi connectivity index (χ0n) is 14.2. The van der Waals surface area contributed by atoms with Crippen LogP contribution in [0.15, 0.2) is 42.5 Å². The van der Waals surface area contributed by atoms with Crippen LogP contribution in [-0.4, -0.2) is 11.8 Å². The summed E-state index contributed by atoms with van der Waals surface area (Å²) in [5.41, 5.74) is -0.0515. The van der Waals surface area contributed by atoms with E-state index in [4.69, 9.17) is 11.6 Å². The molecule has 2 N–H and O–H groups in total. The number of alkyl halides is 3. The number of nitrogens with one attached hydrogen (secondary N) is 2. The van der Waals surface area contributed by atoms with Gasteiger partial charge in [0, 0.05) is 17.9 Å². The minimum Gasteiger partial charge on any atom is -0.325 e. The van der Waals surface area contributed by atoms with Crippen LogP contribution in [0.25, 0.3) is 0 Å². The van der Waals surface area contributed by atoms with E-state index in [9.17, 15) is 22.8 Å². The van der Waals surface area contributed by atoms with E-state index in [2.05, 4.69) is 10.6 Å². The van der Waals surface area contributed by atoms with Crippen molar-refractivity contribution in [2.75, 3.05) is 10.6 Å². The van der Waals surface area contributed by atoms with Crippen molar-refractivity contribution in [3.63, 3.8) is 0 Å². The average molecular weight is 397 g/mol. The summed E-state index contributed by atoms with van der Waals surface area (Å²) >= 11 is 6.14. The van der Waals surface area contributed by atoms with Crippen molar-refractivity contribution in [1.29, 1.82) is 0 Å². The lowest BCUT2D eigenvalue weighted by atomic mass is 10.1. The number of halogens is 4. The second kappa shape index (κ2) is 7.23. The highest BCUT2D eigenvalue weighted by atomic mass is 35.5. The quantitative estimate of drug-likeness (QED) is 0.759. The van der Waals surface area contributed by atoms with E-state index >= 15 is 0 Å². The van der Waals surface area contributed by atoms with Crippen LogP contribution in [0.5, 0.6) is 0 Å². The van der Waals surface area contributed by atoms with Crippen LogP contribution < -0.4 is 10.6 Å². The first-order chi connectivity index (χ1) is 12.7. The van der Waals surface area contributed by atoms with Crippen LogP contribution in [0.2, 0.25) is 5.02 Å². The van der Waals surface area contributed by atoms with Crippen molar-refractivity contribution in [2.24, 2.45) is 5.92 Å². The Hall–Kier alpha value is -2.54. The summed E-state index contributed by atoms with van der Waals surface area (Å²) in [4.78, 5) is 23.8. The lowest BCUT2D eigenvalue weighted by molar-refractivity contribution is -0.137. The van der Waals surface area contributed by atoms with Crippen LogP contribution in [0.1, 0.15) is 30.4 Å². The maximum absolute atomic E-state index is 13.0. The van der Waals surface area contributed by atoms with Gasteiger partial charge in [-0.2, -0.15) is 13.2 Å². The molecule has 1 aliphatic carbocycles. The lowest BCUT2D eigenvalue weighted by Crippen LogP contribution is -2.18. The Balaban J connectivity index is 1.81. The molecule has 2 atom stereocenters.